The molecule has 3 aromatic rings. The first kappa shape index (κ1) is 26.3. The third-order valence-corrected chi connectivity index (χ3v) is 6.21. The zero-order chi connectivity index (χ0) is 26.4. The summed E-state index contributed by atoms with van der Waals surface area (Å²) >= 11 is 0. The molecule has 1 aliphatic heterocycles. The number of likely N-dealkylation sites (N-methyl/N-ethyl adjacent to an activating group) is 1. The van der Waals surface area contributed by atoms with Crippen LogP contribution in [-0.2, 0) is 12.7 Å². The van der Waals surface area contributed by atoms with Crippen molar-refractivity contribution in [1.29, 1.82) is 0 Å². The molecule has 0 radical (unpaired) electrons. The number of alkyl halides is 3. The molecule has 3 heterocycles. The first-order valence-corrected chi connectivity index (χ1v) is 11.9. The van der Waals surface area contributed by atoms with Gasteiger partial charge in [0.15, 0.2) is 11.6 Å². The Hall–Kier alpha value is -3.81. The Labute approximate surface area is 214 Å². The van der Waals surface area contributed by atoms with Gasteiger partial charge in [-0.15, -0.1) is 0 Å². The minimum atomic E-state index is -4.47. The monoisotopic (exact) mass is 510 g/mol. The summed E-state index contributed by atoms with van der Waals surface area (Å²) in [6.45, 7) is 6.55. The number of ether oxygens (including phenoxy) is 1. The van der Waals surface area contributed by atoms with Gasteiger partial charge in [0.25, 0.3) is 0 Å². The Morgan fingerprint density at radius 3 is 2.43 bits per heavy atom. The first-order valence-electron chi connectivity index (χ1n) is 11.9. The molecule has 1 fully saturated rings. The second-order valence-electron chi connectivity index (χ2n) is 8.70. The number of nitrogens with two attached hydrogens (primary N) is 1. The number of benzene rings is 1. The number of nitrogen functional groups attached to an aromatic ring is 1. The number of nitrogens with zero attached hydrogens (tertiary/aromatic N) is 4. The highest BCUT2D eigenvalue weighted by molar-refractivity contribution is 5.60. The van der Waals surface area contributed by atoms with E-state index in [-0.39, 0.29) is 17.9 Å². The molecule has 0 amide bonds. The Balaban J connectivity index is 1.50. The Kier molecular flexibility index (Phi) is 8.16. The zero-order valence-corrected chi connectivity index (χ0v) is 20.8. The van der Waals surface area contributed by atoms with Crippen LogP contribution in [0.3, 0.4) is 0 Å². The van der Waals surface area contributed by atoms with E-state index >= 15 is 0 Å². The van der Waals surface area contributed by atoms with Crippen molar-refractivity contribution in [3.8, 4) is 17.6 Å². The summed E-state index contributed by atoms with van der Waals surface area (Å²) in [5.41, 5.74) is 6.90. The van der Waals surface area contributed by atoms with Crippen molar-refractivity contribution >= 4 is 17.3 Å². The minimum Gasteiger partial charge on any atom is -0.493 e. The van der Waals surface area contributed by atoms with E-state index in [4.69, 9.17) is 10.5 Å². The number of methoxy groups -OCH3 is 1. The molecule has 10 heteroatoms. The molecule has 3 N–H and O–H groups in total. The molecule has 0 atom stereocenters. The topological polar surface area (TPSA) is 79.5 Å². The maximum atomic E-state index is 13.9. The normalized spacial score (nSPS) is 14.6. The molecule has 194 valence electrons. The maximum absolute atomic E-state index is 13.9. The predicted octanol–water partition coefficient (Wildman–Crippen LogP) is 4.37. The molecule has 0 aliphatic carbocycles. The lowest BCUT2D eigenvalue weighted by Crippen LogP contribution is -2.45. The van der Waals surface area contributed by atoms with Gasteiger partial charge in [-0.2, -0.15) is 13.2 Å². The number of anilines is 3. The van der Waals surface area contributed by atoms with Crippen LogP contribution in [0.2, 0.25) is 0 Å². The molecule has 4 rings (SSSR count). The van der Waals surface area contributed by atoms with E-state index in [1.165, 1.54) is 13.3 Å². The lowest BCUT2D eigenvalue weighted by atomic mass is 10.0. The van der Waals surface area contributed by atoms with Gasteiger partial charge in [0.1, 0.15) is 5.82 Å². The number of hydrogen-bond donors (Lipinski definition) is 2. The number of rotatable bonds is 6. The highest BCUT2D eigenvalue weighted by Crippen LogP contribution is 2.35. The van der Waals surface area contributed by atoms with Gasteiger partial charge in [-0.25, -0.2) is 9.97 Å². The molecule has 0 spiro atoms. The fraction of sp³-hybridized carbons (Fsp3) is 0.333. The largest absolute Gasteiger partial charge is 0.493 e. The van der Waals surface area contributed by atoms with Crippen LogP contribution in [0.1, 0.15) is 29.2 Å². The summed E-state index contributed by atoms with van der Waals surface area (Å²) in [6, 6.07) is 9.40. The Morgan fingerprint density at radius 2 is 1.73 bits per heavy atom. The van der Waals surface area contributed by atoms with Gasteiger partial charge in [-0.05, 0) is 36.4 Å². The molecule has 2 aromatic heterocycles. The van der Waals surface area contributed by atoms with Crippen molar-refractivity contribution in [1.82, 2.24) is 19.8 Å². The van der Waals surface area contributed by atoms with Gasteiger partial charge >= 0.3 is 6.18 Å². The molecule has 7 nitrogen and oxygen atoms in total. The second-order valence-corrected chi connectivity index (χ2v) is 8.70. The molecule has 0 unspecified atom stereocenters. The van der Waals surface area contributed by atoms with Crippen LogP contribution in [-0.4, -0.2) is 59.6 Å². The zero-order valence-electron chi connectivity index (χ0n) is 20.8. The quantitative estimate of drug-likeness (QED) is 0.477. The molecule has 1 aliphatic rings. The van der Waals surface area contributed by atoms with Crippen LogP contribution in [0, 0.1) is 11.8 Å². The number of halogens is 3. The molecule has 0 saturated carbocycles. The number of aromatic nitrogens is 2. The van der Waals surface area contributed by atoms with Gasteiger partial charge in [0.05, 0.1) is 12.7 Å². The summed E-state index contributed by atoms with van der Waals surface area (Å²) in [4.78, 5) is 12.6. The maximum Gasteiger partial charge on any atom is 0.416 e. The van der Waals surface area contributed by atoms with Gasteiger partial charge in [-0.3, -0.25) is 4.90 Å². The summed E-state index contributed by atoms with van der Waals surface area (Å²) in [5, 5.41) is 2.98. The predicted molar refractivity (Wildman–Crippen MR) is 138 cm³/mol. The van der Waals surface area contributed by atoms with Crippen LogP contribution >= 0.6 is 0 Å². The standard InChI is InChI=1S/C27H29F3N6O/c1-3-35-10-12-36(13-11-35)18-21-6-7-22(16-23(21)27(28,29)30)34-25-15-19(8-9-32-25)4-5-20-14-24(37-2)26(31)33-17-20/h6-9,14-17H,3,10-13,18H2,1-2H3,(H2,31,33)(H,32,34). The third-order valence-electron chi connectivity index (χ3n) is 6.21. The van der Waals surface area contributed by atoms with E-state index in [9.17, 15) is 13.2 Å². The number of hydrogen-bond acceptors (Lipinski definition) is 7. The van der Waals surface area contributed by atoms with E-state index in [1.54, 1.807) is 36.5 Å². The third kappa shape index (κ3) is 6.90. The second kappa shape index (κ2) is 11.5. The SMILES string of the molecule is CCN1CCN(Cc2ccc(Nc3cc(C#Cc4cnc(N)c(OC)c4)ccn3)cc2C(F)(F)F)CC1. The van der Waals surface area contributed by atoms with Crippen molar-refractivity contribution in [3.05, 3.63) is 71.0 Å². The Morgan fingerprint density at radius 1 is 1.00 bits per heavy atom. The average molecular weight is 511 g/mol. The van der Waals surface area contributed by atoms with Gasteiger partial charge in [-0.1, -0.05) is 24.8 Å². The van der Waals surface area contributed by atoms with Crippen molar-refractivity contribution in [3.63, 3.8) is 0 Å². The lowest BCUT2D eigenvalue weighted by Gasteiger charge is -2.34. The van der Waals surface area contributed by atoms with Crippen molar-refractivity contribution in [2.75, 3.05) is 50.9 Å². The molecule has 1 aromatic carbocycles. The molecule has 1 saturated heterocycles. The molecular formula is C27H29F3N6O. The van der Waals surface area contributed by atoms with Crippen LogP contribution < -0.4 is 15.8 Å². The molecule has 0 bridgehead atoms. The Bertz CT molecular complexity index is 1290. The fourth-order valence-corrected chi connectivity index (χ4v) is 4.12. The first-order chi connectivity index (χ1) is 17.7. The van der Waals surface area contributed by atoms with E-state index in [0.717, 1.165) is 38.8 Å². The van der Waals surface area contributed by atoms with Crippen LogP contribution in [0.25, 0.3) is 0 Å². The van der Waals surface area contributed by atoms with E-state index in [0.29, 0.717) is 28.4 Å². The summed E-state index contributed by atoms with van der Waals surface area (Å²) in [5.74, 6) is 7.06. The average Bonchev–Trinajstić information content (AvgIpc) is 2.89. The minimum absolute atomic E-state index is 0.265. The van der Waals surface area contributed by atoms with Crippen molar-refractivity contribution in [2.45, 2.75) is 19.6 Å². The van der Waals surface area contributed by atoms with E-state index in [2.05, 4.69) is 43.8 Å². The van der Waals surface area contributed by atoms with Crippen molar-refractivity contribution in [2.24, 2.45) is 0 Å². The lowest BCUT2D eigenvalue weighted by molar-refractivity contribution is -0.138. The summed E-state index contributed by atoms with van der Waals surface area (Å²) < 4.78 is 47.0. The smallest absolute Gasteiger partial charge is 0.416 e. The highest BCUT2D eigenvalue weighted by atomic mass is 19.4. The van der Waals surface area contributed by atoms with Gasteiger partial charge < -0.3 is 20.7 Å². The van der Waals surface area contributed by atoms with Crippen LogP contribution in [0.15, 0.2) is 48.8 Å². The summed E-state index contributed by atoms with van der Waals surface area (Å²) in [6.07, 6.45) is -1.38. The number of pyridine rings is 2. The van der Waals surface area contributed by atoms with Crippen LogP contribution in [0.5, 0.6) is 5.75 Å². The molecular weight excluding hydrogens is 481 g/mol. The van der Waals surface area contributed by atoms with Gasteiger partial charge in [0.2, 0.25) is 0 Å². The highest BCUT2D eigenvalue weighted by Gasteiger charge is 2.34. The molecule has 37 heavy (non-hydrogen) atoms. The number of piperazine rings is 1. The van der Waals surface area contributed by atoms with Crippen LogP contribution in [0.4, 0.5) is 30.5 Å². The number of nitrogens with one attached hydrogen (secondary N) is 1. The van der Waals surface area contributed by atoms with Gasteiger partial charge in [0, 0.05) is 68.0 Å². The van der Waals surface area contributed by atoms with E-state index < -0.39 is 11.7 Å². The fourth-order valence-electron chi connectivity index (χ4n) is 4.12. The van der Waals surface area contributed by atoms with Crippen molar-refractivity contribution < 1.29 is 17.9 Å². The van der Waals surface area contributed by atoms with E-state index in [1.807, 2.05) is 0 Å². The summed E-state index contributed by atoms with van der Waals surface area (Å²) in [7, 11) is 1.50.